The zero-order valence-electron chi connectivity index (χ0n) is 18.9. The molecule has 9 heteroatoms. The van der Waals surface area contributed by atoms with Crippen LogP contribution in [0.15, 0.2) is 36.5 Å². The first-order chi connectivity index (χ1) is 16.6. The second-order valence-electron chi connectivity index (χ2n) is 8.74. The fraction of sp³-hybridized carbons (Fsp3) is 0.400. The summed E-state index contributed by atoms with van der Waals surface area (Å²) in [5.74, 6) is -0.0495. The Morgan fingerprint density at radius 1 is 1.12 bits per heavy atom. The van der Waals surface area contributed by atoms with Crippen LogP contribution in [0.1, 0.15) is 64.4 Å². The van der Waals surface area contributed by atoms with Crippen molar-refractivity contribution in [1.82, 2.24) is 19.4 Å². The Balaban J connectivity index is 1.50. The summed E-state index contributed by atoms with van der Waals surface area (Å²) in [6, 6.07) is 10.3. The van der Waals surface area contributed by atoms with Gasteiger partial charge in [-0.1, -0.05) is 6.07 Å². The summed E-state index contributed by atoms with van der Waals surface area (Å²) in [5.41, 5.74) is 2.43. The summed E-state index contributed by atoms with van der Waals surface area (Å²) in [6.07, 6.45) is 6.54. The van der Waals surface area contributed by atoms with Crippen molar-refractivity contribution in [2.75, 3.05) is 31.6 Å². The van der Waals surface area contributed by atoms with Crippen LogP contribution in [0.2, 0.25) is 0 Å². The SMILES string of the molecule is N#Cc1cccc(C(=O)Nc2nc3cc(C(=O)N4CCCCC4)cnc3n2C2CCCOC2)c1. The minimum Gasteiger partial charge on any atom is -0.379 e. The second kappa shape index (κ2) is 9.61. The number of nitriles is 1. The van der Waals surface area contributed by atoms with Crippen molar-refractivity contribution < 1.29 is 14.3 Å². The molecule has 4 heterocycles. The highest BCUT2D eigenvalue weighted by Crippen LogP contribution is 2.29. The predicted molar refractivity (Wildman–Crippen MR) is 125 cm³/mol. The lowest BCUT2D eigenvalue weighted by Crippen LogP contribution is -2.35. The molecule has 2 fully saturated rings. The van der Waals surface area contributed by atoms with Crippen molar-refractivity contribution in [1.29, 1.82) is 5.26 Å². The first-order valence-corrected chi connectivity index (χ1v) is 11.7. The van der Waals surface area contributed by atoms with E-state index in [1.807, 2.05) is 9.47 Å². The van der Waals surface area contributed by atoms with E-state index < -0.39 is 0 Å². The molecular formula is C25H26N6O3. The van der Waals surface area contributed by atoms with Gasteiger partial charge in [-0.05, 0) is 56.4 Å². The van der Waals surface area contributed by atoms with Crippen molar-refractivity contribution in [3.63, 3.8) is 0 Å². The molecule has 2 aliphatic heterocycles. The highest BCUT2D eigenvalue weighted by Gasteiger charge is 2.26. The minimum atomic E-state index is -0.366. The van der Waals surface area contributed by atoms with Crippen molar-refractivity contribution in [3.8, 4) is 6.07 Å². The number of pyridine rings is 1. The van der Waals surface area contributed by atoms with Gasteiger partial charge in [-0.15, -0.1) is 0 Å². The van der Waals surface area contributed by atoms with Crippen LogP contribution in [0.5, 0.6) is 0 Å². The van der Waals surface area contributed by atoms with Gasteiger partial charge in [0, 0.05) is 31.5 Å². The van der Waals surface area contributed by atoms with E-state index in [0.29, 0.717) is 47.0 Å². The van der Waals surface area contributed by atoms with Gasteiger partial charge in [-0.25, -0.2) is 9.97 Å². The predicted octanol–water partition coefficient (Wildman–Crippen LogP) is 3.53. The minimum absolute atomic E-state index is 0.0318. The number of carbonyl (C=O) groups is 2. The third-order valence-electron chi connectivity index (χ3n) is 6.40. The van der Waals surface area contributed by atoms with Crippen LogP contribution in [0.3, 0.4) is 0 Å². The Morgan fingerprint density at radius 3 is 2.74 bits per heavy atom. The molecule has 1 aromatic carbocycles. The van der Waals surface area contributed by atoms with E-state index in [-0.39, 0.29) is 17.9 Å². The van der Waals surface area contributed by atoms with Crippen molar-refractivity contribution in [2.24, 2.45) is 0 Å². The van der Waals surface area contributed by atoms with Gasteiger partial charge in [0.2, 0.25) is 5.95 Å². The summed E-state index contributed by atoms with van der Waals surface area (Å²) in [6.45, 7) is 2.71. The lowest BCUT2D eigenvalue weighted by atomic mass is 10.1. The number of carbonyl (C=O) groups excluding carboxylic acids is 2. The van der Waals surface area contributed by atoms with Gasteiger partial charge in [0.05, 0.1) is 29.8 Å². The number of likely N-dealkylation sites (tertiary alicyclic amines) is 1. The molecule has 1 unspecified atom stereocenters. The van der Waals surface area contributed by atoms with Gasteiger partial charge in [-0.2, -0.15) is 5.26 Å². The number of ether oxygens (including phenoxy) is 1. The maximum Gasteiger partial charge on any atom is 0.258 e. The van der Waals surface area contributed by atoms with E-state index in [1.165, 1.54) is 0 Å². The normalized spacial score (nSPS) is 18.4. The van der Waals surface area contributed by atoms with Crippen LogP contribution in [0.4, 0.5) is 5.95 Å². The number of nitrogens with one attached hydrogen (secondary N) is 1. The molecule has 174 valence electrons. The molecule has 0 saturated carbocycles. The maximum atomic E-state index is 13.0. The second-order valence-corrected chi connectivity index (χ2v) is 8.74. The van der Waals surface area contributed by atoms with Gasteiger partial charge in [0.1, 0.15) is 5.52 Å². The van der Waals surface area contributed by atoms with E-state index in [1.54, 1.807) is 36.5 Å². The zero-order chi connectivity index (χ0) is 23.5. The molecule has 2 saturated heterocycles. The number of fused-ring (bicyclic) bond motifs is 1. The topological polar surface area (TPSA) is 113 Å². The molecule has 0 aliphatic carbocycles. The Morgan fingerprint density at radius 2 is 1.97 bits per heavy atom. The highest BCUT2D eigenvalue weighted by molar-refractivity contribution is 6.04. The van der Waals surface area contributed by atoms with Gasteiger partial charge in [-0.3, -0.25) is 19.5 Å². The molecule has 0 radical (unpaired) electrons. The molecule has 2 amide bonds. The monoisotopic (exact) mass is 458 g/mol. The number of anilines is 1. The molecular weight excluding hydrogens is 432 g/mol. The van der Waals surface area contributed by atoms with Gasteiger partial charge in [0.15, 0.2) is 5.65 Å². The summed E-state index contributed by atoms with van der Waals surface area (Å²) in [4.78, 5) is 37.1. The van der Waals surface area contributed by atoms with Gasteiger partial charge >= 0.3 is 0 Å². The number of rotatable bonds is 4. The smallest absolute Gasteiger partial charge is 0.258 e. The number of piperidine rings is 1. The third kappa shape index (κ3) is 4.37. The Hall–Kier alpha value is -3.77. The molecule has 9 nitrogen and oxygen atoms in total. The van der Waals surface area contributed by atoms with Crippen LogP contribution in [0.25, 0.3) is 11.2 Å². The standard InChI is InChI=1S/C25H26N6O3/c26-14-17-6-4-7-18(12-17)23(32)29-25-28-21-13-19(24(33)30-9-2-1-3-10-30)15-27-22(21)31(25)20-8-5-11-34-16-20/h4,6-7,12-13,15,20H,1-3,5,8-11,16H2,(H,28,29,32). The first kappa shape index (κ1) is 22.0. The molecule has 34 heavy (non-hydrogen) atoms. The molecule has 2 aliphatic rings. The Labute approximate surface area is 197 Å². The van der Waals surface area contributed by atoms with Crippen molar-refractivity contribution >= 4 is 28.9 Å². The van der Waals surface area contributed by atoms with E-state index in [9.17, 15) is 9.59 Å². The van der Waals surface area contributed by atoms with Crippen molar-refractivity contribution in [3.05, 3.63) is 53.2 Å². The largest absolute Gasteiger partial charge is 0.379 e. The molecule has 3 aromatic rings. The van der Waals surface area contributed by atoms with E-state index >= 15 is 0 Å². The average Bonchev–Trinajstić information content (AvgIpc) is 3.26. The van der Waals surface area contributed by atoms with Gasteiger partial charge in [0.25, 0.3) is 11.8 Å². The van der Waals surface area contributed by atoms with Crippen LogP contribution in [-0.2, 0) is 4.74 Å². The zero-order valence-corrected chi connectivity index (χ0v) is 18.9. The van der Waals surface area contributed by atoms with E-state index in [0.717, 1.165) is 45.2 Å². The molecule has 1 atom stereocenters. The number of aromatic nitrogens is 3. The molecule has 1 N–H and O–H groups in total. The molecule has 0 bridgehead atoms. The maximum absolute atomic E-state index is 13.0. The van der Waals surface area contributed by atoms with Gasteiger partial charge < -0.3 is 9.64 Å². The van der Waals surface area contributed by atoms with E-state index in [2.05, 4.69) is 21.4 Å². The van der Waals surface area contributed by atoms with E-state index in [4.69, 9.17) is 10.00 Å². The number of nitrogens with zero attached hydrogens (tertiary/aromatic N) is 5. The molecule has 5 rings (SSSR count). The summed E-state index contributed by atoms with van der Waals surface area (Å²) in [7, 11) is 0. The highest BCUT2D eigenvalue weighted by atomic mass is 16.5. The summed E-state index contributed by atoms with van der Waals surface area (Å²) >= 11 is 0. The number of imidazole rings is 1. The van der Waals surface area contributed by atoms with Crippen molar-refractivity contribution in [2.45, 2.75) is 38.1 Å². The lowest BCUT2D eigenvalue weighted by molar-refractivity contribution is 0.0608. The lowest BCUT2D eigenvalue weighted by Gasteiger charge is -2.26. The first-order valence-electron chi connectivity index (χ1n) is 11.7. The Kier molecular flexibility index (Phi) is 6.23. The quantitative estimate of drug-likeness (QED) is 0.640. The fourth-order valence-corrected chi connectivity index (χ4v) is 4.64. The van der Waals surface area contributed by atoms with Crippen LogP contribution >= 0.6 is 0 Å². The van der Waals surface area contributed by atoms with Crippen LogP contribution < -0.4 is 5.32 Å². The fourth-order valence-electron chi connectivity index (χ4n) is 4.64. The number of hydrogen-bond acceptors (Lipinski definition) is 6. The molecule has 2 aromatic heterocycles. The Bertz CT molecular complexity index is 1270. The number of benzene rings is 1. The average molecular weight is 459 g/mol. The summed E-state index contributed by atoms with van der Waals surface area (Å²) in [5, 5.41) is 12.0. The molecule has 0 spiro atoms. The third-order valence-corrected chi connectivity index (χ3v) is 6.40. The number of hydrogen-bond donors (Lipinski definition) is 1. The number of amides is 2. The summed E-state index contributed by atoms with van der Waals surface area (Å²) < 4.78 is 7.58. The van der Waals surface area contributed by atoms with Crippen LogP contribution in [-0.4, -0.2) is 57.6 Å². The van der Waals surface area contributed by atoms with Crippen LogP contribution in [0, 0.1) is 11.3 Å².